The number of nitrogens with one attached hydrogen (secondary N) is 1. The quantitative estimate of drug-likeness (QED) is 0.204. The largest absolute Gasteiger partial charge is 0.495 e. The Bertz CT molecular complexity index is 1550. The molecule has 3 atom stereocenters. The topological polar surface area (TPSA) is 63.6 Å². The minimum atomic E-state index is -0.0707. The summed E-state index contributed by atoms with van der Waals surface area (Å²) >= 11 is 0. The van der Waals surface area contributed by atoms with Gasteiger partial charge >= 0.3 is 0 Å². The molecule has 2 aliphatic rings. The van der Waals surface area contributed by atoms with Crippen molar-refractivity contribution >= 4 is 22.6 Å². The van der Waals surface area contributed by atoms with Gasteiger partial charge in [-0.3, -0.25) is 14.5 Å². The summed E-state index contributed by atoms with van der Waals surface area (Å²) in [6, 6.07) is 25.0. The Morgan fingerprint density at radius 1 is 0.929 bits per heavy atom. The predicted octanol–water partition coefficient (Wildman–Crippen LogP) is 6.79. The molecule has 0 spiro atoms. The number of carbonyl (C=O) groups excluding carboxylic acids is 2. The third kappa shape index (κ3) is 6.00. The molecule has 2 saturated heterocycles. The molecule has 0 radical (unpaired) electrons. The fraction of sp³-hybridized carbons (Fsp3) is 0.389. The Morgan fingerprint density at radius 2 is 1.69 bits per heavy atom. The van der Waals surface area contributed by atoms with Crippen molar-refractivity contribution in [2.75, 3.05) is 13.7 Å². The van der Waals surface area contributed by atoms with Crippen LogP contribution < -0.4 is 10.1 Å². The molecule has 2 fully saturated rings. The van der Waals surface area contributed by atoms with Crippen LogP contribution in [-0.2, 0) is 13.1 Å². The van der Waals surface area contributed by atoms with E-state index < -0.39 is 0 Å². The molecule has 1 N–H and O–H groups in total. The minimum absolute atomic E-state index is 0.0707. The van der Waals surface area contributed by atoms with Gasteiger partial charge in [0.15, 0.2) is 5.78 Å². The van der Waals surface area contributed by atoms with Gasteiger partial charge in [0.1, 0.15) is 5.75 Å². The summed E-state index contributed by atoms with van der Waals surface area (Å²) in [5, 5.41) is 4.03. The molecule has 0 unspecified atom stereocenters. The zero-order valence-corrected chi connectivity index (χ0v) is 24.7. The number of ketones is 1. The Labute approximate surface area is 248 Å². The van der Waals surface area contributed by atoms with Crippen LogP contribution in [0.5, 0.6) is 5.75 Å². The van der Waals surface area contributed by atoms with E-state index in [1.165, 1.54) is 18.4 Å². The molecule has 3 aromatic carbocycles. The maximum atomic E-state index is 13.3. The van der Waals surface area contributed by atoms with Crippen LogP contribution in [0.25, 0.3) is 10.9 Å². The highest BCUT2D eigenvalue weighted by molar-refractivity contribution is 6.08. The number of hydrogen-bond donors (Lipinski definition) is 1. The van der Waals surface area contributed by atoms with Crippen LogP contribution >= 0.6 is 0 Å². The number of nitrogens with zero attached hydrogens (tertiary/aromatic N) is 2. The first kappa shape index (κ1) is 28.2. The number of fused-ring (bicyclic) bond motifs is 3. The van der Waals surface area contributed by atoms with Crippen molar-refractivity contribution in [2.45, 2.75) is 70.6 Å². The molecule has 6 heteroatoms. The highest BCUT2D eigenvalue weighted by Gasteiger charge is 2.40. The van der Waals surface area contributed by atoms with Crippen molar-refractivity contribution in [1.82, 2.24) is 14.8 Å². The summed E-state index contributed by atoms with van der Waals surface area (Å²) in [5.74, 6) is 1.47. The van der Waals surface area contributed by atoms with E-state index in [2.05, 4.69) is 33.8 Å². The maximum absolute atomic E-state index is 13.3. The molecule has 218 valence electrons. The van der Waals surface area contributed by atoms with E-state index in [0.29, 0.717) is 36.5 Å². The van der Waals surface area contributed by atoms with Crippen molar-refractivity contribution in [3.8, 4) is 5.75 Å². The zero-order valence-electron chi connectivity index (χ0n) is 24.7. The second-order valence-electron chi connectivity index (χ2n) is 12.1. The average molecular weight is 564 g/mol. The Morgan fingerprint density at radius 3 is 2.43 bits per heavy atom. The molecule has 2 bridgehead atoms. The maximum Gasteiger partial charge on any atom is 0.253 e. The number of methoxy groups -OCH3 is 1. The lowest BCUT2D eigenvalue weighted by Gasteiger charge is -2.39. The number of rotatable bonds is 11. The number of hydrogen-bond acceptors (Lipinski definition) is 4. The zero-order chi connectivity index (χ0) is 29.1. The molecule has 0 saturated carbocycles. The lowest BCUT2D eigenvalue weighted by Crippen LogP contribution is -2.43. The number of benzene rings is 3. The van der Waals surface area contributed by atoms with Gasteiger partial charge in [-0.25, -0.2) is 0 Å². The van der Waals surface area contributed by atoms with Crippen LogP contribution in [0, 0.1) is 12.8 Å². The first-order chi connectivity index (χ1) is 20.5. The average Bonchev–Trinajstić information content (AvgIpc) is 3.49. The second-order valence-corrected chi connectivity index (χ2v) is 12.1. The number of para-hydroxylation sites is 1. The number of aromatic nitrogens is 1. The number of piperidine rings is 1. The van der Waals surface area contributed by atoms with Crippen molar-refractivity contribution in [2.24, 2.45) is 5.92 Å². The third-order valence-corrected chi connectivity index (χ3v) is 9.23. The number of Topliss-reactive ketones (excluding diaryl/α,β-unsaturated/α-hetero) is 1. The lowest BCUT2D eigenvalue weighted by atomic mass is 9.85. The van der Waals surface area contributed by atoms with Crippen molar-refractivity contribution < 1.29 is 14.3 Å². The standard InChI is InChI=1S/C36H41N3O3/c1-25-9-6-10-26(19-25)23-37-36(41)32-24-38(35-31(32)13-7-14-34(35)42-2)17-8-18-39-29-15-16-30(39)21-27(20-29)22-33(40)28-11-4-3-5-12-28/h3-7,9-14,19,24,27,29-30H,8,15-18,20-23H2,1-2H3,(H,37,41)/t27-,29+,30-. The molecule has 6 nitrogen and oxygen atoms in total. The first-order valence-corrected chi connectivity index (χ1v) is 15.3. The van der Waals surface area contributed by atoms with Crippen molar-refractivity contribution in [3.05, 3.63) is 101 Å². The summed E-state index contributed by atoms with van der Waals surface area (Å²) in [7, 11) is 1.69. The van der Waals surface area contributed by atoms with E-state index in [0.717, 1.165) is 60.1 Å². The van der Waals surface area contributed by atoms with Crippen LogP contribution in [-0.4, -0.2) is 46.9 Å². The van der Waals surface area contributed by atoms with Gasteiger partial charge in [0.25, 0.3) is 5.91 Å². The van der Waals surface area contributed by atoms with Gasteiger partial charge in [0, 0.05) is 55.3 Å². The summed E-state index contributed by atoms with van der Waals surface area (Å²) in [6.07, 6.45) is 8.33. The molecule has 4 aromatic rings. The number of carbonyl (C=O) groups is 2. The van der Waals surface area contributed by atoms with E-state index in [1.807, 2.05) is 66.9 Å². The number of ether oxygens (including phenoxy) is 1. The highest BCUT2D eigenvalue weighted by atomic mass is 16.5. The van der Waals surface area contributed by atoms with Crippen LogP contribution in [0.15, 0.2) is 79.0 Å². The molecular weight excluding hydrogens is 522 g/mol. The van der Waals surface area contributed by atoms with Gasteiger partial charge in [0.2, 0.25) is 0 Å². The van der Waals surface area contributed by atoms with Crippen LogP contribution in [0.3, 0.4) is 0 Å². The summed E-state index contributed by atoms with van der Waals surface area (Å²) < 4.78 is 7.93. The van der Waals surface area contributed by atoms with E-state index in [1.54, 1.807) is 7.11 Å². The minimum Gasteiger partial charge on any atom is -0.495 e. The smallest absolute Gasteiger partial charge is 0.253 e. The molecule has 1 amide bonds. The molecule has 3 heterocycles. The van der Waals surface area contributed by atoms with E-state index in [-0.39, 0.29) is 11.7 Å². The van der Waals surface area contributed by atoms with Gasteiger partial charge in [-0.1, -0.05) is 72.3 Å². The number of aryl methyl sites for hydroxylation is 2. The Kier molecular flexibility index (Phi) is 8.43. The van der Waals surface area contributed by atoms with Gasteiger partial charge < -0.3 is 14.6 Å². The summed E-state index contributed by atoms with van der Waals surface area (Å²) in [4.78, 5) is 28.9. The van der Waals surface area contributed by atoms with E-state index in [9.17, 15) is 9.59 Å². The number of amides is 1. The fourth-order valence-corrected chi connectivity index (χ4v) is 7.29. The molecule has 6 rings (SSSR count). The normalized spacial score (nSPS) is 20.1. The van der Waals surface area contributed by atoms with Crippen molar-refractivity contribution in [3.63, 3.8) is 0 Å². The fourth-order valence-electron chi connectivity index (χ4n) is 7.29. The van der Waals surface area contributed by atoms with Gasteiger partial charge in [-0.05, 0) is 56.6 Å². The molecule has 42 heavy (non-hydrogen) atoms. The molecule has 1 aromatic heterocycles. The first-order valence-electron chi connectivity index (χ1n) is 15.3. The van der Waals surface area contributed by atoms with Crippen LogP contribution in [0.2, 0.25) is 0 Å². The SMILES string of the molecule is COc1cccc2c(C(=O)NCc3cccc(C)c3)cn(CCCN3[C@@H]4CC[C@H]3C[C@@H](CC(=O)c3ccccc3)C4)c12. The third-order valence-electron chi connectivity index (χ3n) is 9.23. The predicted molar refractivity (Wildman–Crippen MR) is 167 cm³/mol. The van der Waals surface area contributed by atoms with Crippen LogP contribution in [0.4, 0.5) is 0 Å². The molecular formula is C36H41N3O3. The van der Waals surface area contributed by atoms with E-state index in [4.69, 9.17) is 4.74 Å². The van der Waals surface area contributed by atoms with Crippen LogP contribution in [0.1, 0.15) is 70.4 Å². The summed E-state index contributed by atoms with van der Waals surface area (Å²) in [6.45, 7) is 4.39. The van der Waals surface area contributed by atoms with Gasteiger partial charge in [-0.15, -0.1) is 0 Å². The Hall–Kier alpha value is -3.90. The monoisotopic (exact) mass is 563 g/mol. The van der Waals surface area contributed by atoms with Gasteiger partial charge in [-0.2, -0.15) is 0 Å². The van der Waals surface area contributed by atoms with E-state index >= 15 is 0 Å². The highest BCUT2D eigenvalue weighted by Crippen LogP contribution is 2.40. The molecule has 2 aliphatic heterocycles. The second kappa shape index (κ2) is 12.5. The summed E-state index contributed by atoms with van der Waals surface area (Å²) in [5.41, 5.74) is 4.76. The molecule has 0 aliphatic carbocycles. The van der Waals surface area contributed by atoms with Crippen molar-refractivity contribution in [1.29, 1.82) is 0 Å². The lowest BCUT2D eigenvalue weighted by molar-refractivity contribution is 0.0807. The van der Waals surface area contributed by atoms with Gasteiger partial charge in [0.05, 0.1) is 18.2 Å². The Balaban J connectivity index is 1.10.